The van der Waals surface area contributed by atoms with E-state index in [4.69, 9.17) is 22.9 Å². The van der Waals surface area contributed by atoms with Crippen LogP contribution in [0.3, 0.4) is 0 Å². The van der Waals surface area contributed by atoms with Crippen LogP contribution in [0.1, 0.15) is 97.3 Å². The van der Waals surface area contributed by atoms with Crippen LogP contribution in [0.4, 0.5) is 0 Å². The largest absolute Gasteiger partial charge is 0.356 e. The van der Waals surface area contributed by atoms with Gasteiger partial charge in [0, 0.05) is 65.2 Å². The van der Waals surface area contributed by atoms with Crippen molar-refractivity contribution in [1.82, 2.24) is 31.1 Å². The molecule has 12 N–H and O–H groups in total. The van der Waals surface area contributed by atoms with E-state index in [2.05, 4.69) is 35.1 Å². The fourth-order valence-corrected chi connectivity index (χ4v) is 5.16. The maximum atomic E-state index is 13.7. The van der Waals surface area contributed by atoms with Crippen molar-refractivity contribution in [3.8, 4) is 0 Å². The monoisotopic (exact) mass is 737 g/mol. The average Bonchev–Trinajstić information content (AvgIpc) is 3.12. The Morgan fingerprint density at radius 2 is 1.00 bits per heavy atom. The molecule has 0 aromatic rings. The molecule has 0 unspecified atom stereocenters. The quantitative estimate of drug-likeness (QED) is 0.0340. The summed E-state index contributed by atoms with van der Waals surface area (Å²) in [6, 6.07) is -1.33. The Morgan fingerprint density at radius 1 is 0.577 bits per heavy atom. The maximum Gasteiger partial charge on any atom is 0.236 e. The number of carbonyl (C=O) groups excluding carboxylic acids is 5. The predicted molar refractivity (Wildman–Crippen MR) is 209 cm³/mol. The summed E-state index contributed by atoms with van der Waals surface area (Å²) in [5.41, 5.74) is 22.8. The Hall–Kier alpha value is -3.37. The predicted octanol–water partition coefficient (Wildman–Crippen LogP) is 0.377. The van der Waals surface area contributed by atoms with Crippen molar-refractivity contribution in [3.05, 3.63) is 24.3 Å². The number of unbranched alkanes of at least 4 members (excludes halogenated alkanes) is 1. The van der Waals surface area contributed by atoms with Gasteiger partial charge in [-0.3, -0.25) is 28.9 Å². The first kappa shape index (κ1) is 48.6. The van der Waals surface area contributed by atoms with Gasteiger partial charge in [-0.05, 0) is 83.7 Å². The van der Waals surface area contributed by atoms with Gasteiger partial charge in [0.25, 0.3) is 0 Å². The van der Waals surface area contributed by atoms with E-state index in [1.807, 2.05) is 34.1 Å². The standard InChI is InChI=1S/C37H72N10O5/c1-3-5-7-9-16-33(48)42-22-11-12-28-47(29-15-23-43-34(49)17-10-8-6-4-2)35(50)30-46(26-13-24-44-36(51)31(40)18-20-38)27-14-25-45-37(52)32(41)19-21-39/h5-8,31-32H,3-4,9-30,38-41H2,1-2H3,(H,42,48)(H,43,49)(H,44,51)(H,45,52)/b7-5-,8-6-/t31-,32-/m0/s1. The second-order valence-corrected chi connectivity index (χ2v) is 12.9. The highest BCUT2D eigenvalue weighted by Gasteiger charge is 2.19. The topological polar surface area (TPSA) is 244 Å². The molecule has 0 aromatic heterocycles. The van der Waals surface area contributed by atoms with E-state index in [1.165, 1.54) is 0 Å². The lowest BCUT2D eigenvalue weighted by molar-refractivity contribution is -0.133. The molecule has 300 valence electrons. The number of nitrogens with one attached hydrogen (secondary N) is 4. The highest BCUT2D eigenvalue weighted by molar-refractivity contribution is 5.82. The van der Waals surface area contributed by atoms with E-state index in [9.17, 15) is 24.0 Å². The van der Waals surface area contributed by atoms with Gasteiger partial charge >= 0.3 is 0 Å². The van der Waals surface area contributed by atoms with Gasteiger partial charge in [0.2, 0.25) is 29.5 Å². The SMILES string of the molecule is CC/C=C\CCC(=O)NCCCCN(CCCNC(=O)CC/C=C\CC)C(=O)CN(CCCNC(=O)[C@@H](N)CCN)CCCNC(=O)[C@@H](N)CCN. The lowest BCUT2D eigenvalue weighted by Crippen LogP contribution is -2.45. The van der Waals surface area contributed by atoms with Gasteiger partial charge in [0.1, 0.15) is 0 Å². The molecule has 0 saturated heterocycles. The highest BCUT2D eigenvalue weighted by atomic mass is 16.2. The Kier molecular flexibility index (Phi) is 31.3. The van der Waals surface area contributed by atoms with Gasteiger partial charge in [-0.15, -0.1) is 0 Å². The second-order valence-electron chi connectivity index (χ2n) is 12.9. The fourth-order valence-electron chi connectivity index (χ4n) is 5.16. The summed E-state index contributed by atoms with van der Waals surface area (Å²) in [5, 5.41) is 11.6. The van der Waals surface area contributed by atoms with Crippen LogP contribution in [0.25, 0.3) is 0 Å². The Morgan fingerprint density at radius 3 is 1.46 bits per heavy atom. The summed E-state index contributed by atoms with van der Waals surface area (Å²) < 4.78 is 0. The molecule has 0 aromatic carbocycles. The van der Waals surface area contributed by atoms with Crippen molar-refractivity contribution in [2.24, 2.45) is 22.9 Å². The molecule has 0 fully saturated rings. The molecule has 0 bridgehead atoms. The van der Waals surface area contributed by atoms with Crippen molar-refractivity contribution in [1.29, 1.82) is 0 Å². The van der Waals surface area contributed by atoms with Crippen molar-refractivity contribution < 1.29 is 24.0 Å². The molecule has 0 radical (unpaired) electrons. The Balaban J connectivity index is 5.34. The molecule has 0 aliphatic heterocycles. The molecule has 52 heavy (non-hydrogen) atoms. The molecule has 0 rings (SSSR count). The van der Waals surface area contributed by atoms with Crippen LogP contribution in [0.2, 0.25) is 0 Å². The van der Waals surface area contributed by atoms with Crippen LogP contribution < -0.4 is 44.2 Å². The number of carbonyl (C=O) groups is 5. The van der Waals surface area contributed by atoms with E-state index < -0.39 is 12.1 Å². The number of nitrogens with zero attached hydrogens (tertiary/aromatic N) is 2. The van der Waals surface area contributed by atoms with Gasteiger partial charge in [-0.25, -0.2) is 0 Å². The molecule has 2 atom stereocenters. The molecule has 0 aliphatic carbocycles. The van der Waals surface area contributed by atoms with Gasteiger partial charge in [0.15, 0.2) is 0 Å². The zero-order valence-corrected chi connectivity index (χ0v) is 32.2. The third kappa shape index (κ3) is 27.3. The molecule has 5 amide bonds. The molecular weight excluding hydrogens is 664 g/mol. The van der Waals surface area contributed by atoms with Gasteiger partial charge in [-0.2, -0.15) is 0 Å². The maximum absolute atomic E-state index is 13.7. The number of hydrogen-bond acceptors (Lipinski definition) is 10. The second kappa shape index (κ2) is 33.5. The van der Waals surface area contributed by atoms with Crippen LogP contribution >= 0.6 is 0 Å². The first-order chi connectivity index (χ1) is 25.1. The van der Waals surface area contributed by atoms with Crippen molar-refractivity contribution in [3.63, 3.8) is 0 Å². The zero-order valence-electron chi connectivity index (χ0n) is 32.2. The van der Waals surface area contributed by atoms with E-state index in [-0.39, 0.29) is 36.1 Å². The zero-order chi connectivity index (χ0) is 38.8. The molecule has 0 aliphatic rings. The third-order valence-electron chi connectivity index (χ3n) is 8.23. The molecule has 15 heteroatoms. The van der Waals surface area contributed by atoms with E-state index in [0.29, 0.717) is 130 Å². The first-order valence-electron chi connectivity index (χ1n) is 19.4. The van der Waals surface area contributed by atoms with Crippen LogP contribution in [0.15, 0.2) is 24.3 Å². The summed E-state index contributed by atoms with van der Waals surface area (Å²) in [4.78, 5) is 66.5. The molecule has 0 saturated carbocycles. The summed E-state index contributed by atoms with van der Waals surface area (Å²) in [6.45, 7) is 8.75. The highest BCUT2D eigenvalue weighted by Crippen LogP contribution is 2.04. The first-order valence-corrected chi connectivity index (χ1v) is 19.4. The number of allylic oxidation sites excluding steroid dienone is 4. The number of nitrogens with two attached hydrogens (primary N) is 4. The minimum atomic E-state index is -0.663. The van der Waals surface area contributed by atoms with E-state index in [1.54, 1.807) is 0 Å². The van der Waals surface area contributed by atoms with Gasteiger partial charge < -0.3 is 49.1 Å². The van der Waals surface area contributed by atoms with E-state index in [0.717, 1.165) is 19.3 Å². The van der Waals surface area contributed by atoms with Crippen LogP contribution in [-0.4, -0.2) is 123 Å². The van der Waals surface area contributed by atoms with Crippen molar-refractivity contribution in [2.75, 3.05) is 72.0 Å². The Bertz CT molecular complexity index is 1010. The fraction of sp³-hybridized carbons (Fsp3) is 0.757. The van der Waals surface area contributed by atoms with Crippen molar-refractivity contribution >= 4 is 29.5 Å². The van der Waals surface area contributed by atoms with Gasteiger partial charge in [-0.1, -0.05) is 38.2 Å². The Labute approximate surface area is 312 Å². The number of hydrogen-bond donors (Lipinski definition) is 8. The third-order valence-corrected chi connectivity index (χ3v) is 8.23. The molecule has 15 nitrogen and oxygen atoms in total. The normalized spacial score (nSPS) is 12.6. The molecule has 0 heterocycles. The van der Waals surface area contributed by atoms with E-state index >= 15 is 0 Å². The van der Waals surface area contributed by atoms with Crippen molar-refractivity contribution in [2.45, 2.75) is 109 Å². The van der Waals surface area contributed by atoms with Crippen LogP contribution in [-0.2, 0) is 24.0 Å². The number of rotatable bonds is 33. The minimum absolute atomic E-state index is 0.0142. The smallest absolute Gasteiger partial charge is 0.236 e. The lowest BCUT2D eigenvalue weighted by Gasteiger charge is -2.28. The minimum Gasteiger partial charge on any atom is -0.356 e. The molecule has 0 spiro atoms. The lowest BCUT2D eigenvalue weighted by atomic mass is 10.2. The summed E-state index contributed by atoms with van der Waals surface area (Å²) in [7, 11) is 0. The summed E-state index contributed by atoms with van der Waals surface area (Å²) in [5.74, 6) is -0.571. The van der Waals surface area contributed by atoms with Gasteiger partial charge in [0.05, 0.1) is 18.6 Å². The average molecular weight is 737 g/mol. The molecular formula is C37H72N10O5. The van der Waals surface area contributed by atoms with Crippen LogP contribution in [0, 0.1) is 0 Å². The summed E-state index contributed by atoms with van der Waals surface area (Å²) >= 11 is 0. The summed E-state index contributed by atoms with van der Waals surface area (Å²) in [6.07, 6.45) is 16.3. The number of amides is 5. The van der Waals surface area contributed by atoms with Crippen LogP contribution in [0.5, 0.6) is 0 Å².